The summed E-state index contributed by atoms with van der Waals surface area (Å²) in [6.45, 7) is 9.16. The highest BCUT2D eigenvalue weighted by molar-refractivity contribution is 5.48. The zero-order valence-corrected chi connectivity index (χ0v) is 20.5. The summed E-state index contributed by atoms with van der Waals surface area (Å²) in [4.78, 5) is 4.42. The molecule has 4 rings (SSSR count). The van der Waals surface area contributed by atoms with E-state index < -0.39 is 0 Å². The Kier molecular flexibility index (Phi) is 7.02. The zero-order valence-electron chi connectivity index (χ0n) is 20.5. The fraction of sp³-hybridized carbons (Fsp3) is 0.480. The van der Waals surface area contributed by atoms with Gasteiger partial charge >= 0.3 is 0 Å². The summed E-state index contributed by atoms with van der Waals surface area (Å²) in [5, 5.41) is 12.9. The van der Waals surface area contributed by atoms with Gasteiger partial charge in [-0.3, -0.25) is 4.90 Å². The molecule has 1 aliphatic rings. The molecule has 182 valence electrons. The molecule has 0 aliphatic carbocycles. The number of aromatic nitrogens is 4. The minimum atomic E-state index is -0.266. The summed E-state index contributed by atoms with van der Waals surface area (Å²) in [6.07, 6.45) is 0.869. The van der Waals surface area contributed by atoms with Crippen LogP contribution in [0.25, 0.3) is 0 Å². The number of nitrogens with zero attached hydrogens (tertiary/aromatic N) is 6. The van der Waals surface area contributed by atoms with E-state index in [2.05, 4.69) is 46.1 Å². The number of benzene rings is 2. The first kappa shape index (κ1) is 23.9. The molecule has 9 heteroatoms. The van der Waals surface area contributed by atoms with Crippen molar-refractivity contribution < 1.29 is 13.9 Å². The lowest BCUT2D eigenvalue weighted by Gasteiger charge is -2.40. The van der Waals surface area contributed by atoms with Crippen LogP contribution >= 0.6 is 0 Å². The average Bonchev–Trinajstić information content (AvgIpc) is 3.35. The summed E-state index contributed by atoms with van der Waals surface area (Å²) < 4.78 is 27.6. The Hall–Kier alpha value is -3.20. The van der Waals surface area contributed by atoms with E-state index in [1.165, 1.54) is 6.07 Å². The van der Waals surface area contributed by atoms with Crippen LogP contribution in [0.5, 0.6) is 11.5 Å². The van der Waals surface area contributed by atoms with E-state index in [0.717, 1.165) is 29.3 Å². The maximum Gasteiger partial charge on any atom is 0.173 e. The minimum Gasteiger partial charge on any atom is -0.497 e. The number of ether oxygens (including phenoxy) is 2. The average molecular weight is 469 g/mol. The van der Waals surface area contributed by atoms with Crippen LogP contribution in [0.4, 0.5) is 10.1 Å². The number of para-hydroxylation sites is 1. The normalized spacial score (nSPS) is 15.9. The van der Waals surface area contributed by atoms with Gasteiger partial charge in [0, 0.05) is 31.7 Å². The molecule has 0 spiro atoms. The van der Waals surface area contributed by atoms with Crippen molar-refractivity contribution in [1.82, 2.24) is 25.1 Å². The molecule has 1 unspecified atom stereocenters. The van der Waals surface area contributed by atoms with Crippen molar-refractivity contribution in [3.63, 3.8) is 0 Å². The Morgan fingerprint density at radius 1 is 1.03 bits per heavy atom. The molecular formula is C25H33FN6O2. The lowest BCUT2D eigenvalue weighted by atomic mass is 9.98. The molecule has 0 N–H and O–H groups in total. The number of methoxy groups -OCH3 is 2. The lowest BCUT2D eigenvalue weighted by molar-refractivity contribution is 0.184. The van der Waals surface area contributed by atoms with Gasteiger partial charge in [-0.25, -0.2) is 9.07 Å². The van der Waals surface area contributed by atoms with Gasteiger partial charge in [-0.2, -0.15) is 0 Å². The first-order valence-corrected chi connectivity index (χ1v) is 11.6. The molecule has 1 atom stereocenters. The van der Waals surface area contributed by atoms with E-state index in [-0.39, 0.29) is 17.4 Å². The molecular weight excluding hydrogens is 435 g/mol. The van der Waals surface area contributed by atoms with Crippen molar-refractivity contribution in [1.29, 1.82) is 0 Å². The molecule has 0 bridgehead atoms. The van der Waals surface area contributed by atoms with Crippen LogP contribution in [0.3, 0.4) is 0 Å². The summed E-state index contributed by atoms with van der Waals surface area (Å²) in [7, 11) is 3.31. The predicted octanol–water partition coefficient (Wildman–Crippen LogP) is 3.89. The fourth-order valence-electron chi connectivity index (χ4n) is 4.43. The van der Waals surface area contributed by atoms with Crippen molar-refractivity contribution in [2.75, 3.05) is 45.3 Å². The lowest BCUT2D eigenvalue weighted by Crippen LogP contribution is -2.49. The number of hydrogen-bond donors (Lipinski definition) is 0. The molecule has 1 aliphatic heterocycles. The molecule has 0 saturated carbocycles. The van der Waals surface area contributed by atoms with Crippen LogP contribution in [0.2, 0.25) is 0 Å². The molecule has 0 radical (unpaired) electrons. The first-order chi connectivity index (χ1) is 16.4. The molecule has 1 saturated heterocycles. The molecule has 1 fully saturated rings. The molecule has 34 heavy (non-hydrogen) atoms. The third-order valence-electron chi connectivity index (χ3n) is 6.78. The Morgan fingerprint density at radius 2 is 1.76 bits per heavy atom. The van der Waals surface area contributed by atoms with Crippen LogP contribution in [0.15, 0.2) is 42.5 Å². The van der Waals surface area contributed by atoms with Gasteiger partial charge in [0.2, 0.25) is 0 Å². The fourth-order valence-corrected chi connectivity index (χ4v) is 4.43. The molecule has 8 nitrogen and oxygen atoms in total. The molecule has 2 heterocycles. The quantitative estimate of drug-likeness (QED) is 0.497. The summed E-state index contributed by atoms with van der Waals surface area (Å²) in [5.41, 5.74) is 1.30. The van der Waals surface area contributed by atoms with Crippen molar-refractivity contribution in [2.24, 2.45) is 0 Å². The van der Waals surface area contributed by atoms with Gasteiger partial charge in [-0.15, -0.1) is 5.10 Å². The minimum absolute atomic E-state index is 0.199. The van der Waals surface area contributed by atoms with Crippen LogP contribution in [-0.4, -0.2) is 65.5 Å². The van der Waals surface area contributed by atoms with E-state index in [9.17, 15) is 4.39 Å². The summed E-state index contributed by atoms with van der Waals surface area (Å²) in [5.74, 6) is 2.03. The molecule has 3 aromatic rings. The van der Waals surface area contributed by atoms with Gasteiger partial charge in [-0.1, -0.05) is 19.1 Å². The van der Waals surface area contributed by atoms with Crippen molar-refractivity contribution in [3.8, 4) is 11.5 Å². The van der Waals surface area contributed by atoms with Crippen LogP contribution in [0.1, 0.15) is 44.6 Å². The van der Waals surface area contributed by atoms with Gasteiger partial charge in [0.15, 0.2) is 5.82 Å². The Bertz CT molecular complexity index is 1110. The van der Waals surface area contributed by atoms with Crippen LogP contribution in [0, 0.1) is 5.82 Å². The maximum absolute atomic E-state index is 14.4. The third kappa shape index (κ3) is 4.57. The smallest absolute Gasteiger partial charge is 0.173 e. The molecule has 0 amide bonds. The van der Waals surface area contributed by atoms with E-state index in [1.807, 2.05) is 35.0 Å². The number of hydrogen-bond acceptors (Lipinski definition) is 7. The van der Waals surface area contributed by atoms with Gasteiger partial charge < -0.3 is 14.4 Å². The Labute approximate surface area is 200 Å². The summed E-state index contributed by atoms with van der Waals surface area (Å²) >= 11 is 0. The van der Waals surface area contributed by atoms with E-state index >= 15 is 0 Å². The highest BCUT2D eigenvalue weighted by Crippen LogP contribution is 2.38. The SMILES string of the molecule is CCC(C)(C)n1nnnc1C(c1cc(OC)ccc1OC)N1CCN(c2ccccc2F)CC1. The van der Waals surface area contributed by atoms with Crippen LogP contribution < -0.4 is 14.4 Å². The van der Waals surface area contributed by atoms with E-state index in [1.54, 1.807) is 20.3 Å². The van der Waals surface area contributed by atoms with E-state index in [0.29, 0.717) is 31.9 Å². The van der Waals surface area contributed by atoms with Gasteiger partial charge in [0.05, 0.1) is 25.4 Å². The second-order valence-electron chi connectivity index (χ2n) is 9.10. The van der Waals surface area contributed by atoms with Crippen molar-refractivity contribution in [2.45, 2.75) is 38.8 Å². The number of rotatable bonds is 8. The Balaban J connectivity index is 1.74. The van der Waals surface area contributed by atoms with Gasteiger partial charge in [0.25, 0.3) is 0 Å². The summed E-state index contributed by atoms with van der Waals surface area (Å²) in [6, 6.07) is 12.5. The molecule has 2 aromatic carbocycles. The van der Waals surface area contributed by atoms with Gasteiger partial charge in [-0.05, 0) is 61.0 Å². The second-order valence-corrected chi connectivity index (χ2v) is 9.10. The Morgan fingerprint density at radius 3 is 2.41 bits per heavy atom. The highest BCUT2D eigenvalue weighted by Gasteiger charge is 2.36. The first-order valence-electron chi connectivity index (χ1n) is 11.6. The second kappa shape index (κ2) is 9.97. The van der Waals surface area contributed by atoms with Crippen LogP contribution in [-0.2, 0) is 5.54 Å². The zero-order chi connectivity index (χ0) is 24.3. The molecule has 1 aromatic heterocycles. The monoisotopic (exact) mass is 468 g/mol. The number of piperazine rings is 1. The highest BCUT2D eigenvalue weighted by atomic mass is 19.1. The number of anilines is 1. The third-order valence-corrected chi connectivity index (χ3v) is 6.78. The van der Waals surface area contributed by atoms with Gasteiger partial charge in [0.1, 0.15) is 23.4 Å². The largest absolute Gasteiger partial charge is 0.497 e. The predicted molar refractivity (Wildman–Crippen MR) is 129 cm³/mol. The topological polar surface area (TPSA) is 68.5 Å². The number of tetrazole rings is 1. The maximum atomic E-state index is 14.4. The van der Waals surface area contributed by atoms with Crippen molar-refractivity contribution >= 4 is 5.69 Å². The number of halogens is 1. The van der Waals surface area contributed by atoms with Crippen molar-refractivity contribution in [3.05, 3.63) is 59.7 Å². The standard InChI is InChI=1S/C25H33FN6O2/c1-6-25(2,3)32-24(27-28-29-32)23(19-17-18(33-4)11-12-22(19)34-5)31-15-13-30(14-16-31)21-10-8-7-9-20(21)26/h7-12,17,23H,6,13-16H2,1-5H3. The van der Waals surface area contributed by atoms with E-state index in [4.69, 9.17) is 9.47 Å².